The van der Waals surface area contributed by atoms with Crippen molar-refractivity contribution in [3.63, 3.8) is 0 Å². The van der Waals surface area contributed by atoms with Crippen LogP contribution in [0, 0.1) is 0 Å². The molecule has 20 heavy (non-hydrogen) atoms. The number of aliphatic hydroxyl groups is 1. The van der Waals surface area contributed by atoms with Gasteiger partial charge in [-0.25, -0.2) is 13.1 Å². The number of sulfonamides is 1. The van der Waals surface area contributed by atoms with Crippen LogP contribution in [-0.4, -0.2) is 31.2 Å². The van der Waals surface area contributed by atoms with Crippen LogP contribution in [0.5, 0.6) is 0 Å². The van der Waals surface area contributed by atoms with Gasteiger partial charge in [0.25, 0.3) is 0 Å². The summed E-state index contributed by atoms with van der Waals surface area (Å²) in [5, 5.41) is 9.72. The molecule has 1 aromatic heterocycles. The number of hydrogen-bond donors (Lipinski definition) is 3. The highest BCUT2D eigenvalue weighted by molar-refractivity contribution is 7.89. The molecular formula is C13H17N3O3S. The topological polar surface area (TPSA) is 105 Å². The summed E-state index contributed by atoms with van der Waals surface area (Å²) in [6.45, 7) is 1.54. The Morgan fingerprint density at radius 3 is 2.80 bits per heavy atom. The summed E-state index contributed by atoms with van der Waals surface area (Å²) >= 11 is 0. The standard InChI is InChI=1S/C13H17N3O3S/c1-2-9(8-17)16-20(18,19)12-6-5-11(14)10-4-3-7-15-13(10)12/h3-7,9,16-17H,2,8,14H2,1H3. The minimum Gasteiger partial charge on any atom is -0.398 e. The molecule has 1 unspecified atom stereocenters. The van der Waals surface area contributed by atoms with E-state index in [1.807, 2.05) is 0 Å². The van der Waals surface area contributed by atoms with Gasteiger partial charge in [0.05, 0.1) is 12.1 Å². The minimum absolute atomic E-state index is 0.0641. The monoisotopic (exact) mass is 295 g/mol. The number of aromatic nitrogens is 1. The first-order chi connectivity index (χ1) is 9.49. The van der Waals surface area contributed by atoms with E-state index in [0.29, 0.717) is 23.0 Å². The van der Waals surface area contributed by atoms with E-state index < -0.39 is 16.1 Å². The third kappa shape index (κ3) is 2.74. The second-order valence-electron chi connectivity index (χ2n) is 4.46. The minimum atomic E-state index is -3.76. The van der Waals surface area contributed by atoms with Crippen LogP contribution in [0.15, 0.2) is 35.4 Å². The summed E-state index contributed by atoms with van der Waals surface area (Å²) in [5.74, 6) is 0. The van der Waals surface area contributed by atoms with E-state index in [9.17, 15) is 8.42 Å². The number of nitrogen functional groups attached to an aromatic ring is 1. The van der Waals surface area contributed by atoms with Gasteiger partial charge in [0.1, 0.15) is 4.90 Å². The number of nitrogens with one attached hydrogen (secondary N) is 1. The van der Waals surface area contributed by atoms with Crippen molar-refractivity contribution in [2.24, 2.45) is 0 Å². The quantitative estimate of drug-likeness (QED) is 0.710. The highest BCUT2D eigenvalue weighted by Crippen LogP contribution is 2.25. The Labute approximate surface area is 117 Å². The van der Waals surface area contributed by atoms with Crippen LogP contribution in [0.4, 0.5) is 5.69 Å². The Balaban J connectivity index is 2.55. The van der Waals surface area contributed by atoms with Crippen molar-refractivity contribution in [3.05, 3.63) is 30.5 Å². The molecule has 0 saturated carbocycles. The highest BCUT2D eigenvalue weighted by atomic mass is 32.2. The first-order valence-electron chi connectivity index (χ1n) is 6.26. The summed E-state index contributed by atoms with van der Waals surface area (Å²) in [7, 11) is -3.76. The Morgan fingerprint density at radius 2 is 2.15 bits per heavy atom. The van der Waals surface area contributed by atoms with Gasteiger partial charge in [-0.1, -0.05) is 6.92 Å². The molecule has 2 rings (SSSR count). The Hall–Kier alpha value is -1.70. The number of fused-ring (bicyclic) bond motifs is 1. The zero-order valence-electron chi connectivity index (χ0n) is 11.1. The fourth-order valence-corrected chi connectivity index (χ4v) is 3.39. The summed E-state index contributed by atoms with van der Waals surface area (Å²) < 4.78 is 27.2. The number of pyridine rings is 1. The molecule has 7 heteroatoms. The molecule has 0 aliphatic heterocycles. The number of nitrogens with two attached hydrogens (primary N) is 1. The van der Waals surface area contributed by atoms with Crippen LogP contribution in [0.1, 0.15) is 13.3 Å². The fraction of sp³-hybridized carbons (Fsp3) is 0.308. The molecule has 0 fully saturated rings. The van der Waals surface area contributed by atoms with Gasteiger partial charge in [-0.15, -0.1) is 0 Å². The summed E-state index contributed by atoms with van der Waals surface area (Å²) in [6.07, 6.45) is 2.01. The Bertz CT molecular complexity index is 712. The van der Waals surface area contributed by atoms with Gasteiger partial charge in [0, 0.05) is 23.3 Å². The van der Waals surface area contributed by atoms with Crippen molar-refractivity contribution in [1.29, 1.82) is 0 Å². The molecule has 0 aliphatic carbocycles. The number of benzene rings is 1. The van der Waals surface area contributed by atoms with Gasteiger partial charge in [-0.2, -0.15) is 0 Å². The van der Waals surface area contributed by atoms with Crippen molar-refractivity contribution >= 4 is 26.6 Å². The third-order valence-electron chi connectivity index (χ3n) is 3.09. The molecule has 0 radical (unpaired) electrons. The van der Waals surface area contributed by atoms with Crippen molar-refractivity contribution in [2.45, 2.75) is 24.3 Å². The second-order valence-corrected chi connectivity index (χ2v) is 6.14. The summed E-state index contributed by atoms with van der Waals surface area (Å²) in [4.78, 5) is 4.17. The van der Waals surface area contributed by atoms with Gasteiger partial charge in [0.2, 0.25) is 10.0 Å². The lowest BCUT2D eigenvalue weighted by Gasteiger charge is -2.15. The van der Waals surface area contributed by atoms with Crippen LogP contribution in [0.2, 0.25) is 0 Å². The molecule has 1 aromatic carbocycles. The van der Waals surface area contributed by atoms with Gasteiger partial charge in [-0.05, 0) is 30.7 Å². The van der Waals surface area contributed by atoms with E-state index in [1.165, 1.54) is 12.3 Å². The van der Waals surface area contributed by atoms with Crippen LogP contribution < -0.4 is 10.5 Å². The second kappa shape index (κ2) is 5.74. The number of hydrogen-bond acceptors (Lipinski definition) is 5. The number of aliphatic hydroxyl groups excluding tert-OH is 1. The molecule has 0 spiro atoms. The Kier molecular flexibility index (Phi) is 4.22. The number of nitrogens with zero attached hydrogens (tertiary/aromatic N) is 1. The van der Waals surface area contributed by atoms with E-state index in [1.54, 1.807) is 25.1 Å². The van der Waals surface area contributed by atoms with E-state index in [4.69, 9.17) is 10.8 Å². The molecule has 1 atom stereocenters. The van der Waals surface area contributed by atoms with E-state index in [-0.39, 0.29) is 11.5 Å². The number of rotatable bonds is 5. The van der Waals surface area contributed by atoms with Gasteiger partial charge in [0.15, 0.2) is 0 Å². The molecule has 0 amide bonds. The Morgan fingerprint density at radius 1 is 1.40 bits per heavy atom. The van der Waals surface area contributed by atoms with Gasteiger partial charge >= 0.3 is 0 Å². The molecule has 0 saturated heterocycles. The lowest BCUT2D eigenvalue weighted by molar-refractivity contribution is 0.254. The van der Waals surface area contributed by atoms with Crippen molar-refractivity contribution in [2.75, 3.05) is 12.3 Å². The third-order valence-corrected chi connectivity index (χ3v) is 4.64. The van der Waals surface area contributed by atoms with E-state index >= 15 is 0 Å². The smallest absolute Gasteiger partial charge is 0.243 e. The molecule has 6 nitrogen and oxygen atoms in total. The van der Waals surface area contributed by atoms with E-state index in [2.05, 4.69) is 9.71 Å². The van der Waals surface area contributed by atoms with E-state index in [0.717, 1.165) is 0 Å². The van der Waals surface area contributed by atoms with Crippen molar-refractivity contribution in [3.8, 4) is 0 Å². The number of anilines is 1. The summed E-state index contributed by atoms with van der Waals surface area (Å²) in [5.41, 5.74) is 6.63. The molecule has 2 aromatic rings. The maximum atomic E-state index is 12.4. The first-order valence-corrected chi connectivity index (χ1v) is 7.74. The SMILES string of the molecule is CCC(CO)NS(=O)(=O)c1ccc(N)c2cccnc12. The molecule has 0 bridgehead atoms. The van der Waals surface area contributed by atoms with Crippen LogP contribution in [0.25, 0.3) is 10.9 Å². The average Bonchev–Trinajstić information content (AvgIpc) is 2.45. The molecular weight excluding hydrogens is 278 g/mol. The average molecular weight is 295 g/mol. The normalized spacial score (nSPS) is 13.5. The molecule has 1 heterocycles. The first kappa shape index (κ1) is 14.7. The van der Waals surface area contributed by atoms with Crippen LogP contribution in [0.3, 0.4) is 0 Å². The predicted molar refractivity (Wildman–Crippen MR) is 77.6 cm³/mol. The van der Waals surface area contributed by atoms with Crippen LogP contribution in [-0.2, 0) is 10.0 Å². The zero-order chi connectivity index (χ0) is 14.8. The maximum absolute atomic E-state index is 12.4. The highest BCUT2D eigenvalue weighted by Gasteiger charge is 2.22. The maximum Gasteiger partial charge on any atom is 0.243 e. The van der Waals surface area contributed by atoms with Gasteiger partial charge < -0.3 is 10.8 Å². The lowest BCUT2D eigenvalue weighted by atomic mass is 10.2. The molecule has 0 aliphatic rings. The molecule has 108 valence electrons. The predicted octanol–water partition coefficient (Wildman–Crippen LogP) is 0.866. The zero-order valence-corrected chi connectivity index (χ0v) is 11.9. The lowest BCUT2D eigenvalue weighted by Crippen LogP contribution is -2.37. The fourth-order valence-electron chi connectivity index (χ4n) is 1.92. The van der Waals surface area contributed by atoms with Crippen molar-refractivity contribution in [1.82, 2.24) is 9.71 Å². The molecule has 4 N–H and O–H groups in total. The van der Waals surface area contributed by atoms with Gasteiger partial charge in [-0.3, -0.25) is 4.98 Å². The largest absolute Gasteiger partial charge is 0.398 e. The summed E-state index contributed by atoms with van der Waals surface area (Å²) in [6, 6.07) is 5.87. The van der Waals surface area contributed by atoms with Crippen molar-refractivity contribution < 1.29 is 13.5 Å². The van der Waals surface area contributed by atoms with Crippen LogP contribution >= 0.6 is 0 Å².